The number of rotatable bonds is 14. The zero-order valence-corrected chi connectivity index (χ0v) is 30.1. The smallest absolute Gasteiger partial charge is 0.315 e. The Bertz CT molecular complexity index is 2220. The minimum atomic E-state index is -3.26. The average Bonchev–Trinajstić information content (AvgIpc) is 3.70. The maximum Gasteiger partial charge on any atom is 0.315 e. The van der Waals surface area contributed by atoms with Crippen molar-refractivity contribution in [2.45, 2.75) is 52.6 Å². The second-order valence-electron chi connectivity index (χ2n) is 11.9. The van der Waals surface area contributed by atoms with Crippen LogP contribution in [-0.2, 0) is 27.5 Å². The Morgan fingerprint density at radius 2 is 1.21 bits per heavy atom. The summed E-state index contributed by atoms with van der Waals surface area (Å²) in [6.07, 6.45) is -5.93. The van der Waals surface area contributed by atoms with Crippen LogP contribution in [0.3, 0.4) is 0 Å². The molecule has 5 aromatic rings. The van der Waals surface area contributed by atoms with Crippen molar-refractivity contribution in [2.24, 2.45) is 0 Å². The maximum absolute atomic E-state index is 14.6. The Kier molecular flexibility index (Phi) is 15.1. The zero-order valence-electron chi connectivity index (χ0n) is 30.1. The molecule has 0 unspecified atom stereocenters. The van der Waals surface area contributed by atoms with Gasteiger partial charge in [-0.25, -0.2) is 17.6 Å². The summed E-state index contributed by atoms with van der Waals surface area (Å²) in [5, 5.41) is 8.41. The molecule has 300 valence electrons. The summed E-state index contributed by atoms with van der Waals surface area (Å²) in [5.74, 6) is -6.69. The Labute approximate surface area is 320 Å². The van der Waals surface area contributed by atoms with E-state index in [9.17, 15) is 54.3 Å². The molecule has 0 bridgehead atoms. The van der Waals surface area contributed by atoms with Crippen molar-refractivity contribution in [3.63, 3.8) is 0 Å². The van der Waals surface area contributed by atoms with E-state index in [0.717, 1.165) is 18.2 Å². The van der Waals surface area contributed by atoms with Crippen LogP contribution >= 0.6 is 0 Å². The molecule has 1 aromatic heterocycles. The van der Waals surface area contributed by atoms with Gasteiger partial charge in [-0.05, 0) is 54.6 Å². The van der Waals surface area contributed by atoms with Gasteiger partial charge in [0.05, 0.1) is 19.6 Å². The van der Waals surface area contributed by atoms with E-state index in [1.165, 1.54) is 70.5 Å². The lowest BCUT2D eigenvalue weighted by molar-refractivity contribution is -0.131. The number of amides is 3. The number of alkyl halides is 4. The minimum absolute atomic E-state index is 0.0734. The average molecular weight is 804 g/mol. The number of benzene rings is 4. The first-order valence-electron chi connectivity index (χ1n) is 17.0. The number of hydrogen-bond donors (Lipinski definition) is 1. The second-order valence-corrected chi connectivity index (χ2v) is 11.9. The van der Waals surface area contributed by atoms with E-state index in [4.69, 9.17) is 4.42 Å². The lowest BCUT2D eigenvalue weighted by Gasteiger charge is -2.23. The Morgan fingerprint density at radius 3 is 1.65 bits per heavy atom. The van der Waals surface area contributed by atoms with E-state index in [-0.39, 0.29) is 71.6 Å². The molecular weight excluding hydrogens is 770 g/mol. The third-order valence-corrected chi connectivity index (χ3v) is 8.03. The fraction of sp³-hybridized carbons (Fsp3) is 0.231. The highest BCUT2D eigenvalue weighted by Gasteiger charge is 2.22. The van der Waals surface area contributed by atoms with E-state index < -0.39 is 60.2 Å². The number of Topliss-reactive ketones (excluding diaryl/α,β-unsaturated/α-hetero) is 1. The fourth-order valence-electron chi connectivity index (χ4n) is 5.10. The summed E-state index contributed by atoms with van der Waals surface area (Å²) in [4.78, 5) is 49.8. The van der Waals surface area contributed by atoms with Crippen molar-refractivity contribution in [3.8, 4) is 11.5 Å². The molecule has 1 N–H and O–H groups in total. The molecule has 5 rings (SSSR count). The van der Waals surface area contributed by atoms with Crippen LogP contribution in [0.5, 0.6) is 0 Å². The number of ketones is 1. The lowest BCUT2D eigenvalue weighted by Crippen LogP contribution is -2.34. The van der Waals surface area contributed by atoms with Gasteiger partial charge in [0.25, 0.3) is 11.8 Å². The standard InChI is InChI=1S/C20H18F4N2O3.C19H15F4N3O2/c1-2-18(28)26(15-5-3-4-14(21)9-15)11-13-7-6-12(8-16(13)22)17(27)10-25-20(29)19(23)24;1-2-16(27)26(14-5-3-4-13(20)9-14)10-12-7-6-11(8-15(12)21)18-24-25-19(28-18)17(22)23/h3-9,19H,2,10-11H2,1H3,(H,25,29);3-9,17H,2,10H2,1H3. The molecule has 3 amide bonds. The molecule has 18 heteroatoms. The quantitative estimate of drug-likeness (QED) is 0.0884. The first kappa shape index (κ1) is 43.3. The molecule has 10 nitrogen and oxygen atoms in total. The van der Waals surface area contributed by atoms with Crippen LogP contribution in [-0.4, -0.2) is 46.7 Å². The van der Waals surface area contributed by atoms with Gasteiger partial charge in [0.15, 0.2) is 5.78 Å². The van der Waals surface area contributed by atoms with Crippen LogP contribution in [0.4, 0.5) is 46.5 Å². The minimum Gasteiger partial charge on any atom is -0.415 e. The van der Waals surface area contributed by atoms with Gasteiger partial charge in [-0.2, -0.15) is 17.6 Å². The number of halogens is 8. The summed E-state index contributed by atoms with van der Waals surface area (Å²) in [5.41, 5.74) is 0.785. The molecule has 0 aliphatic heterocycles. The zero-order chi connectivity index (χ0) is 41.8. The van der Waals surface area contributed by atoms with Crippen LogP contribution in [0, 0.1) is 23.3 Å². The maximum atomic E-state index is 14.6. The summed E-state index contributed by atoms with van der Waals surface area (Å²) in [7, 11) is 0. The number of carbonyl (C=O) groups is 4. The van der Waals surface area contributed by atoms with Crippen molar-refractivity contribution in [3.05, 3.63) is 131 Å². The molecule has 0 radical (unpaired) electrons. The predicted octanol–water partition coefficient (Wildman–Crippen LogP) is 8.37. The van der Waals surface area contributed by atoms with Crippen molar-refractivity contribution >= 4 is 34.9 Å². The molecule has 0 saturated carbocycles. The molecule has 1 heterocycles. The predicted molar refractivity (Wildman–Crippen MR) is 190 cm³/mol. The summed E-state index contributed by atoms with van der Waals surface area (Å²) in [6.45, 7) is 2.23. The molecular formula is C39H33F8N5O5. The fourth-order valence-corrected chi connectivity index (χ4v) is 5.10. The first-order chi connectivity index (χ1) is 27.1. The third kappa shape index (κ3) is 11.8. The molecule has 0 aliphatic rings. The van der Waals surface area contributed by atoms with E-state index in [2.05, 4.69) is 10.2 Å². The topological polar surface area (TPSA) is 126 Å². The van der Waals surface area contributed by atoms with Gasteiger partial charge in [0.1, 0.15) is 23.3 Å². The van der Waals surface area contributed by atoms with Crippen molar-refractivity contribution in [1.29, 1.82) is 0 Å². The van der Waals surface area contributed by atoms with E-state index in [1.807, 2.05) is 0 Å². The van der Waals surface area contributed by atoms with E-state index in [1.54, 1.807) is 25.2 Å². The molecule has 0 aliphatic carbocycles. The number of carbonyl (C=O) groups excluding carboxylic acids is 4. The van der Waals surface area contributed by atoms with Gasteiger partial charge in [0.2, 0.25) is 17.7 Å². The van der Waals surface area contributed by atoms with Gasteiger partial charge in [0, 0.05) is 46.5 Å². The largest absolute Gasteiger partial charge is 0.415 e. The normalized spacial score (nSPS) is 10.9. The molecule has 57 heavy (non-hydrogen) atoms. The molecule has 0 spiro atoms. The van der Waals surface area contributed by atoms with E-state index >= 15 is 0 Å². The highest BCUT2D eigenvalue weighted by molar-refractivity contribution is 5.99. The van der Waals surface area contributed by atoms with Gasteiger partial charge in [-0.1, -0.05) is 44.2 Å². The van der Waals surface area contributed by atoms with Crippen LogP contribution in [0.15, 0.2) is 89.3 Å². The Hall–Kier alpha value is -6.46. The molecule has 0 fully saturated rings. The lowest BCUT2D eigenvalue weighted by atomic mass is 10.1. The van der Waals surface area contributed by atoms with Gasteiger partial charge in [-0.3, -0.25) is 19.2 Å². The second kappa shape index (κ2) is 19.9. The van der Waals surface area contributed by atoms with Crippen molar-refractivity contribution in [1.82, 2.24) is 15.5 Å². The van der Waals surface area contributed by atoms with Crippen LogP contribution < -0.4 is 15.1 Å². The molecule has 4 aromatic carbocycles. The van der Waals surface area contributed by atoms with Crippen LogP contribution in [0.25, 0.3) is 11.5 Å². The summed E-state index contributed by atoms with van der Waals surface area (Å²) < 4.78 is 110. The van der Waals surface area contributed by atoms with Crippen LogP contribution in [0.1, 0.15) is 60.5 Å². The SMILES string of the molecule is CCC(=O)N(Cc1ccc(-c2nnc(C(F)F)o2)cc1F)c1cccc(F)c1.CCC(=O)N(Cc1ccc(C(=O)CNC(=O)C(F)F)cc1F)c1cccc(F)c1. The monoisotopic (exact) mass is 803 g/mol. The number of anilines is 2. The number of aromatic nitrogens is 2. The summed E-state index contributed by atoms with van der Waals surface area (Å²) in [6, 6.07) is 18.0. The van der Waals surface area contributed by atoms with Gasteiger partial charge in [-0.15, -0.1) is 10.2 Å². The number of hydrogen-bond acceptors (Lipinski definition) is 7. The number of nitrogens with one attached hydrogen (secondary N) is 1. The third-order valence-electron chi connectivity index (χ3n) is 8.03. The Balaban J connectivity index is 0.000000253. The molecule has 0 atom stereocenters. The highest BCUT2D eigenvalue weighted by atomic mass is 19.3. The van der Waals surface area contributed by atoms with E-state index in [0.29, 0.717) is 5.69 Å². The Morgan fingerprint density at radius 1 is 0.684 bits per heavy atom. The van der Waals surface area contributed by atoms with Crippen molar-refractivity contribution in [2.75, 3.05) is 16.3 Å². The molecule has 0 saturated heterocycles. The van der Waals surface area contributed by atoms with Crippen molar-refractivity contribution < 1.29 is 58.7 Å². The highest BCUT2D eigenvalue weighted by Crippen LogP contribution is 2.27. The number of nitrogens with zero attached hydrogens (tertiary/aromatic N) is 4. The van der Waals surface area contributed by atoms with Gasteiger partial charge < -0.3 is 19.5 Å². The van der Waals surface area contributed by atoms with Crippen LogP contribution in [0.2, 0.25) is 0 Å². The van der Waals surface area contributed by atoms with Gasteiger partial charge >= 0.3 is 12.9 Å². The first-order valence-corrected chi connectivity index (χ1v) is 17.0. The summed E-state index contributed by atoms with van der Waals surface area (Å²) >= 11 is 0.